The summed E-state index contributed by atoms with van der Waals surface area (Å²) in [5.74, 6) is 0. The van der Waals surface area contributed by atoms with Crippen LogP contribution in [0.4, 0.5) is 0 Å². The Kier molecular flexibility index (Phi) is 3.43. The highest BCUT2D eigenvalue weighted by Gasteiger charge is 2.34. The number of fused-ring (bicyclic) bond motifs is 1. The molecule has 0 radical (unpaired) electrons. The van der Waals surface area contributed by atoms with Gasteiger partial charge in [0.25, 0.3) is 0 Å². The van der Waals surface area contributed by atoms with Gasteiger partial charge in [0.05, 0.1) is 0 Å². The molecule has 1 unspecified atom stereocenters. The van der Waals surface area contributed by atoms with E-state index in [-0.39, 0.29) is 5.41 Å². The van der Waals surface area contributed by atoms with E-state index in [9.17, 15) is 0 Å². The van der Waals surface area contributed by atoms with E-state index in [1.54, 1.807) is 0 Å². The van der Waals surface area contributed by atoms with Gasteiger partial charge >= 0.3 is 0 Å². The molecular weight excluding hydrogens is 262 g/mol. The first-order valence-corrected chi connectivity index (χ1v) is 7.85. The summed E-state index contributed by atoms with van der Waals surface area (Å²) in [4.78, 5) is 1.33. The van der Waals surface area contributed by atoms with Crippen molar-refractivity contribution in [3.8, 4) is 0 Å². The second-order valence-electron chi connectivity index (χ2n) is 6.01. The van der Waals surface area contributed by atoms with Crippen molar-refractivity contribution in [2.75, 3.05) is 0 Å². The third-order valence-corrected chi connectivity index (χ3v) is 5.35. The maximum atomic E-state index is 7.44. The molecule has 1 atom stereocenters. The van der Waals surface area contributed by atoms with Gasteiger partial charge < -0.3 is 5.41 Å². The zero-order chi connectivity index (χ0) is 14.2. The number of nitrogens with one attached hydrogen (secondary N) is 1. The molecule has 0 bridgehead atoms. The average Bonchev–Trinajstić information content (AvgIpc) is 2.46. The molecule has 2 heteroatoms. The summed E-state index contributed by atoms with van der Waals surface area (Å²) in [6, 6.07) is 17.2. The molecule has 0 aromatic heterocycles. The molecule has 1 aliphatic heterocycles. The summed E-state index contributed by atoms with van der Waals surface area (Å²) in [6.45, 7) is 4.65. The third-order valence-electron chi connectivity index (χ3n) is 4.04. The Bertz CT molecular complexity index is 631. The Morgan fingerprint density at radius 1 is 1.15 bits per heavy atom. The summed E-state index contributed by atoms with van der Waals surface area (Å²) in [5.41, 5.74) is 3.99. The predicted octanol–water partition coefficient (Wildman–Crippen LogP) is 5.20. The van der Waals surface area contributed by atoms with Gasteiger partial charge in [-0.15, -0.1) is 11.8 Å². The van der Waals surface area contributed by atoms with Crippen molar-refractivity contribution >= 4 is 18.0 Å². The molecule has 0 fully saturated rings. The number of benzene rings is 2. The Balaban J connectivity index is 2.03. The van der Waals surface area contributed by atoms with Crippen molar-refractivity contribution in [2.24, 2.45) is 0 Å². The summed E-state index contributed by atoms with van der Waals surface area (Å²) >= 11 is 1.94. The first kappa shape index (κ1) is 13.4. The second-order valence-corrected chi connectivity index (χ2v) is 7.25. The van der Waals surface area contributed by atoms with Crippen LogP contribution in [0.5, 0.6) is 0 Å². The van der Waals surface area contributed by atoms with Gasteiger partial charge in [0.1, 0.15) is 0 Å². The minimum atomic E-state index is 0.182. The lowest BCUT2D eigenvalue weighted by atomic mass is 9.78. The molecule has 0 saturated heterocycles. The lowest BCUT2D eigenvalue weighted by molar-refractivity contribution is 0.457. The molecule has 2 aromatic rings. The molecule has 0 aliphatic carbocycles. The molecule has 0 saturated carbocycles. The normalized spacial score (nSPS) is 20.2. The number of thioether (sulfide) groups is 1. The Hall–Kier alpha value is -1.54. The third kappa shape index (κ3) is 2.40. The molecule has 2 aromatic carbocycles. The van der Waals surface area contributed by atoms with E-state index in [2.05, 4.69) is 62.4 Å². The van der Waals surface area contributed by atoms with Gasteiger partial charge in [0.2, 0.25) is 0 Å². The molecule has 1 nitrogen and oxygen atoms in total. The van der Waals surface area contributed by atoms with Crippen LogP contribution in [0.15, 0.2) is 53.4 Å². The van der Waals surface area contributed by atoms with Gasteiger partial charge in [-0.2, -0.15) is 0 Å². The standard InChI is InChI=1S/C18H19NS/c1-18(2)11-17(14-6-4-3-5-7-14)20-16-10-13(12-19)8-9-15(16)18/h3-10,12,17,19H,11H2,1-2H3. The van der Waals surface area contributed by atoms with E-state index < -0.39 is 0 Å². The van der Waals surface area contributed by atoms with Crippen LogP contribution in [0, 0.1) is 5.41 Å². The van der Waals surface area contributed by atoms with Crippen LogP contribution >= 0.6 is 11.8 Å². The molecule has 20 heavy (non-hydrogen) atoms. The fourth-order valence-electron chi connectivity index (χ4n) is 2.91. The molecule has 1 heterocycles. The maximum Gasteiger partial charge on any atom is 0.0352 e. The van der Waals surface area contributed by atoms with Crippen LogP contribution in [-0.2, 0) is 5.41 Å². The molecule has 3 rings (SSSR count). The lowest BCUT2D eigenvalue weighted by Gasteiger charge is -2.37. The summed E-state index contributed by atoms with van der Waals surface area (Å²) in [7, 11) is 0. The van der Waals surface area contributed by atoms with Gasteiger partial charge in [-0.1, -0.05) is 56.3 Å². The van der Waals surface area contributed by atoms with Crippen LogP contribution in [-0.4, -0.2) is 6.21 Å². The monoisotopic (exact) mass is 281 g/mol. The molecule has 1 N–H and O–H groups in total. The summed E-state index contributed by atoms with van der Waals surface area (Å²) in [6.07, 6.45) is 2.58. The minimum Gasteiger partial charge on any atom is -0.308 e. The van der Waals surface area contributed by atoms with Gasteiger partial charge in [0, 0.05) is 16.4 Å². The van der Waals surface area contributed by atoms with E-state index in [0.29, 0.717) is 5.25 Å². The molecule has 102 valence electrons. The van der Waals surface area contributed by atoms with Gasteiger partial charge in [-0.05, 0) is 34.6 Å². The Morgan fingerprint density at radius 2 is 1.90 bits per heavy atom. The number of hydrogen-bond acceptors (Lipinski definition) is 2. The van der Waals surface area contributed by atoms with E-state index in [4.69, 9.17) is 5.41 Å². The fraction of sp³-hybridized carbons (Fsp3) is 0.278. The topological polar surface area (TPSA) is 23.9 Å². The zero-order valence-electron chi connectivity index (χ0n) is 11.9. The van der Waals surface area contributed by atoms with Gasteiger partial charge in [-0.3, -0.25) is 0 Å². The van der Waals surface area contributed by atoms with Crippen LogP contribution < -0.4 is 0 Å². The Morgan fingerprint density at radius 3 is 2.60 bits per heavy atom. The van der Waals surface area contributed by atoms with Crippen LogP contribution in [0.2, 0.25) is 0 Å². The van der Waals surface area contributed by atoms with Crippen molar-refractivity contribution in [3.63, 3.8) is 0 Å². The maximum absolute atomic E-state index is 7.44. The highest BCUT2D eigenvalue weighted by molar-refractivity contribution is 7.99. The molecule has 0 spiro atoms. The van der Waals surface area contributed by atoms with Gasteiger partial charge in [-0.25, -0.2) is 0 Å². The van der Waals surface area contributed by atoms with Crippen molar-refractivity contribution in [1.82, 2.24) is 0 Å². The quantitative estimate of drug-likeness (QED) is 0.752. The highest BCUT2D eigenvalue weighted by atomic mass is 32.2. The summed E-state index contributed by atoms with van der Waals surface area (Å²) < 4.78 is 0. The smallest absolute Gasteiger partial charge is 0.0352 e. The minimum absolute atomic E-state index is 0.182. The van der Waals surface area contributed by atoms with E-state index >= 15 is 0 Å². The highest BCUT2D eigenvalue weighted by Crippen LogP contribution is 2.52. The van der Waals surface area contributed by atoms with Crippen molar-refractivity contribution in [1.29, 1.82) is 5.41 Å². The predicted molar refractivity (Wildman–Crippen MR) is 87.0 cm³/mol. The number of rotatable bonds is 2. The van der Waals surface area contributed by atoms with Crippen LogP contribution in [0.3, 0.4) is 0 Å². The van der Waals surface area contributed by atoms with Crippen LogP contribution in [0.1, 0.15) is 42.2 Å². The Labute approximate surface area is 124 Å². The van der Waals surface area contributed by atoms with Crippen molar-refractivity contribution < 1.29 is 0 Å². The fourth-order valence-corrected chi connectivity index (χ4v) is 4.68. The SMILES string of the molecule is CC1(C)CC(c2ccccc2)Sc2cc(C=N)ccc21. The van der Waals surface area contributed by atoms with Crippen molar-refractivity contribution in [3.05, 3.63) is 65.2 Å². The van der Waals surface area contributed by atoms with E-state index in [0.717, 1.165) is 12.0 Å². The molecular formula is C18H19NS. The average molecular weight is 281 g/mol. The first-order valence-electron chi connectivity index (χ1n) is 6.97. The van der Waals surface area contributed by atoms with Crippen LogP contribution in [0.25, 0.3) is 0 Å². The van der Waals surface area contributed by atoms with E-state index in [1.165, 1.54) is 22.2 Å². The van der Waals surface area contributed by atoms with E-state index in [1.807, 2.05) is 11.8 Å². The zero-order valence-corrected chi connectivity index (χ0v) is 12.7. The molecule has 0 amide bonds. The molecule has 1 aliphatic rings. The second kappa shape index (κ2) is 5.10. The number of hydrogen-bond donors (Lipinski definition) is 1. The largest absolute Gasteiger partial charge is 0.308 e. The lowest BCUT2D eigenvalue weighted by Crippen LogP contribution is -2.24. The summed E-state index contributed by atoms with van der Waals surface area (Å²) in [5, 5.41) is 7.94. The van der Waals surface area contributed by atoms with Gasteiger partial charge in [0.15, 0.2) is 0 Å². The first-order chi connectivity index (χ1) is 9.60. The van der Waals surface area contributed by atoms with Crippen molar-refractivity contribution in [2.45, 2.75) is 35.8 Å².